The molecule has 0 aliphatic carbocycles. The van der Waals surface area contributed by atoms with Crippen LogP contribution in [0.25, 0.3) is 17.0 Å². The van der Waals surface area contributed by atoms with Crippen LogP contribution in [-0.2, 0) is 11.2 Å². The Labute approximate surface area is 167 Å². The number of amides is 1. The summed E-state index contributed by atoms with van der Waals surface area (Å²) in [6, 6.07) is 16.4. The van der Waals surface area contributed by atoms with Gasteiger partial charge in [0.25, 0.3) is 0 Å². The van der Waals surface area contributed by atoms with Gasteiger partial charge in [-0.2, -0.15) is 0 Å². The molecule has 5 heteroatoms. The van der Waals surface area contributed by atoms with Gasteiger partial charge < -0.3 is 4.42 Å². The zero-order valence-electron chi connectivity index (χ0n) is 15.7. The number of thiazole rings is 1. The van der Waals surface area contributed by atoms with Crippen molar-refractivity contribution in [2.75, 3.05) is 5.32 Å². The highest BCUT2D eigenvalue weighted by molar-refractivity contribution is 7.15. The molecule has 4 nitrogen and oxygen atoms in total. The van der Waals surface area contributed by atoms with Gasteiger partial charge in [0.1, 0.15) is 11.3 Å². The first-order chi connectivity index (χ1) is 13.5. The summed E-state index contributed by atoms with van der Waals surface area (Å²) in [6.07, 6.45) is 5.75. The van der Waals surface area contributed by atoms with Crippen molar-refractivity contribution in [3.05, 3.63) is 88.1 Å². The first kappa shape index (κ1) is 18.2. The molecule has 140 valence electrons. The van der Waals surface area contributed by atoms with Crippen LogP contribution in [0.15, 0.2) is 65.2 Å². The van der Waals surface area contributed by atoms with Crippen LogP contribution in [0.4, 0.5) is 5.13 Å². The van der Waals surface area contributed by atoms with Gasteiger partial charge in [-0.1, -0.05) is 42.0 Å². The van der Waals surface area contributed by atoms with Crippen LogP contribution < -0.4 is 5.32 Å². The van der Waals surface area contributed by atoms with E-state index >= 15 is 0 Å². The van der Waals surface area contributed by atoms with Gasteiger partial charge in [-0.3, -0.25) is 10.1 Å². The molecule has 4 rings (SSSR count). The second kappa shape index (κ2) is 7.82. The molecule has 0 radical (unpaired) electrons. The Morgan fingerprint density at radius 3 is 2.71 bits per heavy atom. The van der Waals surface area contributed by atoms with Crippen LogP contribution in [0.3, 0.4) is 0 Å². The van der Waals surface area contributed by atoms with Crippen molar-refractivity contribution in [1.82, 2.24) is 4.98 Å². The molecule has 2 aromatic heterocycles. The van der Waals surface area contributed by atoms with Crippen molar-refractivity contribution in [3.63, 3.8) is 0 Å². The number of carbonyl (C=O) groups excluding carboxylic acids is 1. The Hall–Kier alpha value is -3.18. The summed E-state index contributed by atoms with van der Waals surface area (Å²) < 4.78 is 5.75. The van der Waals surface area contributed by atoms with E-state index in [0.717, 1.165) is 27.8 Å². The van der Waals surface area contributed by atoms with E-state index < -0.39 is 0 Å². The molecule has 0 saturated carbocycles. The number of furan rings is 1. The van der Waals surface area contributed by atoms with Gasteiger partial charge in [-0.25, -0.2) is 4.98 Å². The Balaban J connectivity index is 1.38. The van der Waals surface area contributed by atoms with E-state index in [1.807, 2.05) is 37.4 Å². The van der Waals surface area contributed by atoms with Crippen LogP contribution in [0, 0.1) is 13.8 Å². The van der Waals surface area contributed by atoms with Crippen LogP contribution in [-0.4, -0.2) is 10.9 Å². The Morgan fingerprint density at radius 2 is 1.89 bits per heavy atom. The predicted octanol–water partition coefficient (Wildman–Crippen LogP) is 5.75. The lowest BCUT2D eigenvalue weighted by Gasteiger charge is -1.99. The van der Waals surface area contributed by atoms with E-state index in [9.17, 15) is 4.79 Å². The first-order valence-corrected chi connectivity index (χ1v) is 9.86. The van der Waals surface area contributed by atoms with E-state index in [0.29, 0.717) is 10.9 Å². The maximum Gasteiger partial charge on any atom is 0.250 e. The van der Waals surface area contributed by atoms with Crippen molar-refractivity contribution < 1.29 is 9.21 Å². The molecule has 4 aromatic rings. The number of carbonyl (C=O) groups is 1. The number of hydrogen-bond donors (Lipinski definition) is 1. The van der Waals surface area contributed by atoms with E-state index in [2.05, 4.69) is 41.5 Å². The number of aryl methyl sites for hydroxylation is 2. The summed E-state index contributed by atoms with van der Waals surface area (Å²) in [6.45, 7) is 4.09. The molecule has 0 atom stereocenters. The Kier molecular flexibility index (Phi) is 5.08. The molecule has 1 amide bonds. The van der Waals surface area contributed by atoms with Crippen LogP contribution in [0.5, 0.6) is 0 Å². The quantitative estimate of drug-likeness (QED) is 0.443. The molecule has 0 fully saturated rings. The normalized spacial score (nSPS) is 11.4. The molecule has 0 saturated heterocycles. The smallest absolute Gasteiger partial charge is 0.250 e. The molecule has 2 heterocycles. The summed E-state index contributed by atoms with van der Waals surface area (Å²) in [5.74, 6) is 0.419. The first-order valence-electron chi connectivity index (χ1n) is 9.05. The lowest BCUT2D eigenvalue weighted by atomic mass is 10.1. The van der Waals surface area contributed by atoms with Gasteiger partial charge in [0.15, 0.2) is 5.13 Å². The van der Waals surface area contributed by atoms with Crippen LogP contribution in [0.1, 0.15) is 27.3 Å². The summed E-state index contributed by atoms with van der Waals surface area (Å²) in [5, 5.41) is 4.42. The van der Waals surface area contributed by atoms with Gasteiger partial charge in [0.2, 0.25) is 5.91 Å². The zero-order chi connectivity index (χ0) is 19.5. The van der Waals surface area contributed by atoms with Crippen molar-refractivity contribution in [1.29, 1.82) is 0 Å². The third-order valence-electron chi connectivity index (χ3n) is 4.38. The maximum absolute atomic E-state index is 12.2. The largest absolute Gasteiger partial charge is 0.457 e. The minimum Gasteiger partial charge on any atom is -0.457 e. The second-order valence-corrected chi connectivity index (χ2v) is 7.92. The minimum absolute atomic E-state index is 0.229. The summed E-state index contributed by atoms with van der Waals surface area (Å²) in [7, 11) is 0. The highest BCUT2D eigenvalue weighted by Gasteiger charge is 2.06. The van der Waals surface area contributed by atoms with Gasteiger partial charge in [-0.15, -0.1) is 11.3 Å². The molecule has 0 bridgehead atoms. The summed E-state index contributed by atoms with van der Waals surface area (Å²) in [5.41, 5.74) is 4.43. The number of aromatic nitrogens is 1. The Bertz CT molecular complexity index is 1150. The number of rotatable bonds is 5. The number of fused-ring (bicyclic) bond motifs is 1. The summed E-state index contributed by atoms with van der Waals surface area (Å²) >= 11 is 1.49. The fourth-order valence-electron chi connectivity index (χ4n) is 2.90. The molecule has 1 N–H and O–H groups in total. The van der Waals surface area contributed by atoms with E-state index in [1.54, 1.807) is 6.08 Å². The van der Waals surface area contributed by atoms with E-state index in [1.165, 1.54) is 28.5 Å². The van der Waals surface area contributed by atoms with Crippen molar-refractivity contribution in [3.8, 4) is 0 Å². The van der Waals surface area contributed by atoms with Gasteiger partial charge in [0, 0.05) is 29.0 Å². The number of nitrogens with zero attached hydrogens (tertiary/aromatic N) is 1. The SMILES string of the molecule is Cc1ccc(Cc2cnc(NC(=O)/C=C/c3cc4ccc(C)cc4o3)s2)cc1. The Morgan fingerprint density at radius 1 is 1.11 bits per heavy atom. The lowest BCUT2D eigenvalue weighted by molar-refractivity contribution is -0.111. The minimum atomic E-state index is -0.229. The molecule has 0 unspecified atom stereocenters. The average molecular weight is 388 g/mol. The fraction of sp³-hybridized carbons (Fsp3) is 0.130. The molecule has 2 aromatic carbocycles. The highest BCUT2D eigenvalue weighted by Crippen LogP contribution is 2.23. The molecule has 0 spiro atoms. The molecule has 0 aliphatic rings. The maximum atomic E-state index is 12.2. The average Bonchev–Trinajstić information content (AvgIpc) is 3.28. The van der Waals surface area contributed by atoms with Gasteiger partial charge in [0.05, 0.1) is 0 Å². The van der Waals surface area contributed by atoms with E-state index in [4.69, 9.17) is 4.42 Å². The number of benzene rings is 2. The number of nitrogens with one attached hydrogen (secondary N) is 1. The van der Waals surface area contributed by atoms with Gasteiger partial charge >= 0.3 is 0 Å². The summed E-state index contributed by atoms with van der Waals surface area (Å²) in [4.78, 5) is 17.6. The number of hydrogen-bond acceptors (Lipinski definition) is 4. The molecular weight excluding hydrogens is 368 g/mol. The molecule has 0 aliphatic heterocycles. The highest BCUT2D eigenvalue weighted by atomic mass is 32.1. The molecule has 28 heavy (non-hydrogen) atoms. The number of anilines is 1. The topological polar surface area (TPSA) is 55.1 Å². The standard InChI is InChI=1S/C23H20N2O2S/c1-15-3-6-17(7-4-15)12-20-14-24-23(28-20)25-22(26)10-9-19-13-18-8-5-16(2)11-21(18)27-19/h3-11,13-14H,12H2,1-2H3,(H,24,25,26)/b10-9+. The van der Waals surface area contributed by atoms with Crippen LogP contribution in [0.2, 0.25) is 0 Å². The predicted molar refractivity (Wildman–Crippen MR) is 115 cm³/mol. The van der Waals surface area contributed by atoms with Crippen molar-refractivity contribution in [2.45, 2.75) is 20.3 Å². The van der Waals surface area contributed by atoms with Crippen molar-refractivity contribution in [2.24, 2.45) is 0 Å². The van der Waals surface area contributed by atoms with Gasteiger partial charge in [-0.05, 0) is 43.2 Å². The molecular formula is C23H20N2O2S. The monoisotopic (exact) mass is 388 g/mol. The van der Waals surface area contributed by atoms with E-state index in [-0.39, 0.29) is 5.91 Å². The lowest BCUT2D eigenvalue weighted by Crippen LogP contribution is -2.06. The van der Waals surface area contributed by atoms with Crippen molar-refractivity contribution >= 4 is 39.4 Å². The third kappa shape index (κ3) is 4.38. The fourth-order valence-corrected chi connectivity index (χ4v) is 3.75. The third-order valence-corrected chi connectivity index (χ3v) is 5.29. The van der Waals surface area contributed by atoms with Crippen LogP contribution >= 0.6 is 11.3 Å². The second-order valence-electron chi connectivity index (χ2n) is 6.81. The zero-order valence-corrected chi connectivity index (χ0v) is 16.5.